The highest BCUT2D eigenvalue weighted by molar-refractivity contribution is 14.0. The van der Waals surface area contributed by atoms with Gasteiger partial charge >= 0.3 is 0 Å². The molecule has 0 bridgehead atoms. The first kappa shape index (κ1) is 17.7. The highest BCUT2D eigenvalue weighted by Gasteiger charge is 2.44. The Kier molecular flexibility index (Phi) is 5.97. The smallest absolute Gasteiger partial charge is 0.191 e. The molecule has 0 spiro atoms. The molecule has 0 radical (unpaired) electrons. The molecule has 1 aliphatic rings. The first-order valence-corrected chi connectivity index (χ1v) is 7.32. The summed E-state index contributed by atoms with van der Waals surface area (Å²) >= 11 is 0. The van der Waals surface area contributed by atoms with Crippen LogP contribution in [0, 0.1) is 5.82 Å². The number of nitrogens with zero attached hydrogens (tertiary/aromatic N) is 2. The standard InChI is InChI=1S/C16H19FN4O.HI/c1-18-15(19-10-14-5-8-22-21-14)20-11-16(6-7-16)12-3-2-4-13(17)9-12;/h2-5,8-9H,6-7,10-11H2,1H3,(H2,18,19,20);1H. The molecule has 5 nitrogen and oxygen atoms in total. The van der Waals surface area contributed by atoms with Crippen LogP contribution in [-0.4, -0.2) is 24.7 Å². The molecule has 0 amide bonds. The Morgan fingerprint density at radius 3 is 2.78 bits per heavy atom. The third kappa shape index (κ3) is 4.43. The molecule has 2 aromatic rings. The molecule has 1 fully saturated rings. The van der Waals surface area contributed by atoms with Gasteiger partial charge in [-0.25, -0.2) is 4.39 Å². The zero-order valence-electron chi connectivity index (χ0n) is 12.9. The zero-order valence-corrected chi connectivity index (χ0v) is 15.2. The molecule has 0 aliphatic heterocycles. The molecule has 2 N–H and O–H groups in total. The van der Waals surface area contributed by atoms with E-state index in [9.17, 15) is 4.39 Å². The van der Waals surface area contributed by atoms with Crippen LogP contribution in [0.1, 0.15) is 24.1 Å². The SMILES string of the molecule is CN=C(NCc1ccon1)NCC1(c2cccc(F)c2)CC1.I. The van der Waals surface area contributed by atoms with E-state index in [2.05, 4.69) is 20.8 Å². The normalized spacial score (nSPS) is 15.7. The number of benzene rings is 1. The maximum Gasteiger partial charge on any atom is 0.191 e. The van der Waals surface area contributed by atoms with E-state index in [4.69, 9.17) is 4.52 Å². The lowest BCUT2D eigenvalue weighted by molar-refractivity contribution is 0.410. The first-order chi connectivity index (χ1) is 10.7. The number of hydrogen-bond acceptors (Lipinski definition) is 3. The lowest BCUT2D eigenvalue weighted by Gasteiger charge is -2.19. The molecular formula is C16H20FIN4O. The van der Waals surface area contributed by atoms with Crippen LogP contribution in [0.2, 0.25) is 0 Å². The predicted octanol–water partition coefficient (Wildman–Crippen LogP) is 2.83. The van der Waals surface area contributed by atoms with Crippen molar-refractivity contribution in [3.63, 3.8) is 0 Å². The monoisotopic (exact) mass is 430 g/mol. The molecule has 1 saturated carbocycles. The third-order valence-corrected chi connectivity index (χ3v) is 4.04. The van der Waals surface area contributed by atoms with Gasteiger partial charge in [-0.15, -0.1) is 24.0 Å². The summed E-state index contributed by atoms with van der Waals surface area (Å²) < 4.78 is 18.2. The van der Waals surface area contributed by atoms with E-state index in [1.54, 1.807) is 25.2 Å². The van der Waals surface area contributed by atoms with Crippen molar-refractivity contribution in [2.24, 2.45) is 4.99 Å². The second-order valence-electron chi connectivity index (χ2n) is 5.56. The Hall–Kier alpha value is -1.64. The van der Waals surface area contributed by atoms with Crippen LogP contribution in [0.15, 0.2) is 46.1 Å². The van der Waals surface area contributed by atoms with Crippen LogP contribution >= 0.6 is 24.0 Å². The highest BCUT2D eigenvalue weighted by atomic mass is 127. The molecule has 0 unspecified atom stereocenters. The van der Waals surface area contributed by atoms with Gasteiger partial charge in [0, 0.05) is 25.1 Å². The second kappa shape index (κ2) is 7.76. The molecule has 0 saturated heterocycles. The lowest BCUT2D eigenvalue weighted by atomic mass is 9.96. The number of guanidine groups is 1. The van der Waals surface area contributed by atoms with E-state index < -0.39 is 0 Å². The summed E-state index contributed by atoms with van der Waals surface area (Å²) in [5, 5.41) is 10.3. The minimum atomic E-state index is -0.183. The van der Waals surface area contributed by atoms with Crippen LogP contribution in [-0.2, 0) is 12.0 Å². The van der Waals surface area contributed by atoms with Gasteiger partial charge in [0.2, 0.25) is 0 Å². The van der Waals surface area contributed by atoms with Gasteiger partial charge in [0.1, 0.15) is 17.8 Å². The maximum absolute atomic E-state index is 13.4. The molecule has 23 heavy (non-hydrogen) atoms. The third-order valence-electron chi connectivity index (χ3n) is 4.04. The summed E-state index contributed by atoms with van der Waals surface area (Å²) in [7, 11) is 1.72. The molecule has 1 aliphatic carbocycles. The molecule has 1 aromatic heterocycles. The van der Waals surface area contributed by atoms with Crippen molar-refractivity contribution in [2.45, 2.75) is 24.8 Å². The van der Waals surface area contributed by atoms with Crippen molar-refractivity contribution < 1.29 is 8.91 Å². The Balaban J connectivity index is 0.00000192. The van der Waals surface area contributed by atoms with Gasteiger partial charge in [-0.3, -0.25) is 4.99 Å². The predicted molar refractivity (Wildman–Crippen MR) is 97.4 cm³/mol. The number of halogens is 2. The fourth-order valence-corrected chi connectivity index (χ4v) is 2.51. The number of aromatic nitrogens is 1. The van der Waals surface area contributed by atoms with Gasteiger partial charge in [0.25, 0.3) is 0 Å². The average Bonchev–Trinajstić information content (AvgIpc) is 3.14. The van der Waals surface area contributed by atoms with Crippen molar-refractivity contribution in [3.8, 4) is 0 Å². The van der Waals surface area contributed by atoms with E-state index in [1.165, 1.54) is 12.3 Å². The summed E-state index contributed by atoms with van der Waals surface area (Å²) in [6.07, 6.45) is 3.66. The second-order valence-corrected chi connectivity index (χ2v) is 5.56. The van der Waals surface area contributed by atoms with Crippen molar-refractivity contribution in [1.82, 2.24) is 15.8 Å². The largest absolute Gasteiger partial charge is 0.364 e. The van der Waals surface area contributed by atoms with Crippen LogP contribution < -0.4 is 10.6 Å². The van der Waals surface area contributed by atoms with E-state index in [1.807, 2.05) is 6.07 Å². The van der Waals surface area contributed by atoms with Gasteiger partial charge < -0.3 is 15.2 Å². The molecule has 1 heterocycles. The average molecular weight is 430 g/mol. The van der Waals surface area contributed by atoms with E-state index in [-0.39, 0.29) is 35.2 Å². The van der Waals surface area contributed by atoms with Crippen LogP contribution in [0.5, 0.6) is 0 Å². The Morgan fingerprint density at radius 1 is 1.35 bits per heavy atom. The van der Waals surface area contributed by atoms with Crippen molar-refractivity contribution in [1.29, 1.82) is 0 Å². The summed E-state index contributed by atoms with van der Waals surface area (Å²) in [6, 6.07) is 8.66. The van der Waals surface area contributed by atoms with Crippen molar-refractivity contribution in [3.05, 3.63) is 53.7 Å². The molecule has 7 heteroatoms. The topological polar surface area (TPSA) is 62.5 Å². The summed E-state index contributed by atoms with van der Waals surface area (Å²) in [6.45, 7) is 1.28. The van der Waals surface area contributed by atoms with Gasteiger partial charge in [0.15, 0.2) is 5.96 Å². The molecular weight excluding hydrogens is 410 g/mol. The fourth-order valence-electron chi connectivity index (χ4n) is 2.51. The highest BCUT2D eigenvalue weighted by Crippen LogP contribution is 2.47. The molecule has 1 aromatic carbocycles. The van der Waals surface area contributed by atoms with Gasteiger partial charge in [0.05, 0.1) is 6.54 Å². The lowest BCUT2D eigenvalue weighted by Crippen LogP contribution is -2.41. The Bertz CT molecular complexity index is 656. The number of hydrogen-bond donors (Lipinski definition) is 2. The number of rotatable bonds is 5. The minimum absolute atomic E-state index is 0. The Labute approximate surface area is 151 Å². The van der Waals surface area contributed by atoms with Gasteiger partial charge in [-0.05, 0) is 30.5 Å². The fraction of sp³-hybridized carbons (Fsp3) is 0.375. The van der Waals surface area contributed by atoms with Crippen molar-refractivity contribution >= 4 is 29.9 Å². The molecule has 0 atom stereocenters. The number of aliphatic imine (C=N–C) groups is 1. The zero-order chi connectivity index (χ0) is 15.4. The van der Waals surface area contributed by atoms with E-state index in [0.29, 0.717) is 12.5 Å². The summed E-state index contributed by atoms with van der Waals surface area (Å²) in [4.78, 5) is 4.19. The molecule has 124 valence electrons. The van der Waals surface area contributed by atoms with Crippen LogP contribution in [0.25, 0.3) is 0 Å². The van der Waals surface area contributed by atoms with Crippen molar-refractivity contribution in [2.75, 3.05) is 13.6 Å². The van der Waals surface area contributed by atoms with Gasteiger partial charge in [-0.1, -0.05) is 17.3 Å². The van der Waals surface area contributed by atoms with E-state index in [0.717, 1.165) is 30.6 Å². The minimum Gasteiger partial charge on any atom is -0.364 e. The summed E-state index contributed by atoms with van der Waals surface area (Å²) in [5.41, 5.74) is 1.88. The quantitative estimate of drug-likeness (QED) is 0.435. The Morgan fingerprint density at radius 2 is 2.17 bits per heavy atom. The number of nitrogens with one attached hydrogen (secondary N) is 2. The van der Waals surface area contributed by atoms with Crippen LogP contribution in [0.3, 0.4) is 0 Å². The van der Waals surface area contributed by atoms with Crippen LogP contribution in [0.4, 0.5) is 4.39 Å². The molecule has 3 rings (SSSR count). The van der Waals surface area contributed by atoms with E-state index >= 15 is 0 Å². The van der Waals surface area contributed by atoms with Gasteiger partial charge in [-0.2, -0.15) is 0 Å². The first-order valence-electron chi connectivity index (χ1n) is 7.32. The summed E-state index contributed by atoms with van der Waals surface area (Å²) in [5.74, 6) is 0.517. The maximum atomic E-state index is 13.4.